The summed E-state index contributed by atoms with van der Waals surface area (Å²) < 4.78 is 5.15. The van der Waals surface area contributed by atoms with Crippen molar-refractivity contribution in [3.8, 4) is 0 Å². The van der Waals surface area contributed by atoms with Crippen LogP contribution < -0.4 is 21.3 Å². The maximum Gasteiger partial charge on any atom is 0.321 e. The standard InChI is InChI=1S/C19H22N4O4S/c1-2-8-20-19(28)23-14-6-3-5-13(10-14)22-17(24)11-16(18(25)26)21-12-15-7-4-9-27-15/h2-7,9-10,16,21H,1,8,11-12H2,(H,22,24)(H,25,26)(H2,20,23,28). The number of carbonyl (C=O) groups is 2. The van der Waals surface area contributed by atoms with E-state index in [1.54, 1.807) is 42.5 Å². The average Bonchev–Trinajstić information content (AvgIpc) is 3.17. The highest BCUT2D eigenvalue weighted by Gasteiger charge is 2.21. The Morgan fingerprint density at radius 3 is 2.61 bits per heavy atom. The summed E-state index contributed by atoms with van der Waals surface area (Å²) in [5, 5.41) is 21.2. The third-order valence-electron chi connectivity index (χ3n) is 3.60. The second-order valence-corrected chi connectivity index (χ2v) is 6.22. The van der Waals surface area contributed by atoms with Crippen molar-refractivity contribution in [2.75, 3.05) is 17.2 Å². The molecule has 0 saturated heterocycles. The van der Waals surface area contributed by atoms with Gasteiger partial charge in [-0.15, -0.1) is 6.58 Å². The number of nitrogens with one attached hydrogen (secondary N) is 4. The van der Waals surface area contributed by atoms with Crippen LogP contribution in [-0.4, -0.2) is 34.7 Å². The first-order chi connectivity index (χ1) is 13.5. The molecular formula is C19H22N4O4S. The number of thiocarbonyl (C=S) groups is 1. The molecule has 2 rings (SSSR count). The molecule has 148 valence electrons. The van der Waals surface area contributed by atoms with Gasteiger partial charge in [-0.1, -0.05) is 12.1 Å². The number of hydrogen-bond donors (Lipinski definition) is 5. The number of carboxylic acids is 1. The molecule has 0 bridgehead atoms. The zero-order chi connectivity index (χ0) is 20.4. The van der Waals surface area contributed by atoms with E-state index in [0.717, 1.165) is 0 Å². The van der Waals surface area contributed by atoms with E-state index in [0.29, 0.717) is 28.8 Å². The van der Waals surface area contributed by atoms with Crippen LogP contribution in [0, 0.1) is 0 Å². The van der Waals surface area contributed by atoms with Gasteiger partial charge in [0, 0.05) is 17.9 Å². The number of rotatable bonds is 10. The topological polar surface area (TPSA) is 116 Å². The fourth-order valence-electron chi connectivity index (χ4n) is 2.30. The number of amides is 1. The zero-order valence-electron chi connectivity index (χ0n) is 15.1. The minimum Gasteiger partial charge on any atom is -0.480 e. The van der Waals surface area contributed by atoms with Crippen molar-refractivity contribution < 1.29 is 19.1 Å². The van der Waals surface area contributed by atoms with Crippen LogP contribution in [0.25, 0.3) is 0 Å². The Morgan fingerprint density at radius 1 is 1.21 bits per heavy atom. The molecule has 8 nitrogen and oxygen atoms in total. The molecule has 2 aromatic rings. The molecule has 1 aromatic carbocycles. The van der Waals surface area contributed by atoms with Crippen LogP contribution in [0.2, 0.25) is 0 Å². The van der Waals surface area contributed by atoms with Crippen molar-refractivity contribution in [2.45, 2.75) is 19.0 Å². The van der Waals surface area contributed by atoms with Crippen molar-refractivity contribution in [1.29, 1.82) is 0 Å². The number of benzene rings is 1. The molecule has 1 amide bonds. The first kappa shape index (κ1) is 21.1. The summed E-state index contributed by atoms with van der Waals surface area (Å²) in [4.78, 5) is 23.7. The normalized spacial score (nSPS) is 11.3. The van der Waals surface area contributed by atoms with Crippen molar-refractivity contribution in [3.05, 3.63) is 61.1 Å². The maximum atomic E-state index is 12.3. The molecule has 9 heteroatoms. The zero-order valence-corrected chi connectivity index (χ0v) is 15.9. The highest BCUT2D eigenvalue weighted by Crippen LogP contribution is 2.15. The van der Waals surface area contributed by atoms with E-state index in [1.807, 2.05) is 0 Å². The van der Waals surface area contributed by atoms with Crippen LogP contribution in [0.1, 0.15) is 12.2 Å². The number of aliphatic carboxylic acids is 1. The van der Waals surface area contributed by atoms with Gasteiger partial charge in [0.15, 0.2) is 5.11 Å². The summed E-state index contributed by atoms with van der Waals surface area (Å²) in [6, 6.07) is 9.33. The smallest absolute Gasteiger partial charge is 0.321 e. The van der Waals surface area contributed by atoms with Gasteiger partial charge in [0.2, 0.25) is 5.91 Å². The third-order valence-corrected chi connectivity index (χ3v) is 3.85. The Balaban J connectivity index is 1.89. The summed E-state index contributed by atoms with van der Waals surface area (Å²) in [6.07, 6.45) is 2.95. The monoisotopic (exact) mass is 402 g/mol. The summed E-state index contributed by atoms with van der Waals surface area (Å²) in [5.41, 5.74) is 1.21. The van der Waals surface area contributed by atoms with Gasteiger partial charge < -0.3 is 25.5 Å². The molecule has 0 aliphatic rings. The number of carboxylic acid groups (broad SMARTS) is 1. The Bertz CT molecular complexity index is 823. The Morgan fingerprint density at radius 2 is 1.96 bits per heavy atom. The number of furan rings is 1. The number of anilines is 2. The third kappa shape index (κ3) is 7.22. The van der Waals surface area contributed by atoms with Gasteiger partial charge in [0.05, 0.1) is 19.2 Å². The lowest BCUT2D eigenvalue weighted by atomic mass is 10.2. The SMILES string of the molecule is C=CCNC(=S)Nc1cccc(NC(=O)CC(NCc2ccco2)C(=O)O)c1. The second kappa shape index (κ2) is 10.9. The van der Waals surface area contributed by atoms with Crippen molar-refractivity contribution in [3.63, 3.8) is 0 Å². The highest BCUT2D eigenvalue weighted by atomic mass is 32.1. The van der Waals surface area contributed by atoms with Gasteiger partial charge in [-0.2, -0.15) is 0 Å². The predicted molar refractivity (Wildman–Crippen MR) is 111 cm³/mol. The van der Waals surface area contributed by atoms with Gasteiger partial charge in [-0.3, -0.25) is 14.9 Å². The highest BCUT2D eigenvalue weighted by molar-refractivity contribution is 7.80. The molecule has 1 heterocycles. The Hall–Kier alpha value is -3.17. The molecule has 0 aliphatic heterocycles. The molecular weight excluding hydrogens is 380 g/mol. The lowest BCUT2D eigenvalue weighted by molar-refractivity contribution is -0.141. The van der Waals surface area contributed by atoms with E-state index in [1.165, 1.54) is 6.26 Å². The molecule has 0 aliphatic carbocycles. The summed E-state index contributed by atoms with van der Waals surface area (Å²) in [7, 11) is 0. The lowest BCUT2D eigenvalue weighted by Gasteiger charge is -2.14. The number of carbonyl (C=O) groups excluding carboxylic acids is 1. The Labute approximate surface area is 168 Å². The molecule has 0 radical (unpaired) electrons. The van der Waals surface area contributed by atoms with Crippen molar-refractivity contribution in [2.24, 2.45) is 0 Å². The van der Waals surface area contributed by atoms with Gasteiger partial charge in [-0.25, -0.2) is 0 Å². The minimum absolute atomic E-state index is 0.214. The molecule has 1 unspecified atom stereocenters. The minimum atomic E-state index is -1.12. The molecule has 28 heavy (non-hydrogen) atoms. The first-order valence-electron chi connectivity index (χ1n) is 8.52. The Kier molecular flexibility index (Phi) is 8.19. The van der Waals surface area contributed by atoms with Crippen molar-refractivity contribution in [1.82, 2.24) is 10.6 Å². The van der Waals surface area contributed by atoms with E-state index < -0.39 is 17.9 Å². The average molecular weight is 402 g/mol. The molecule has 0 saturated carbocycles. The number of hydrogen-bond acceptors (Lipinski definition) is 5. The van der Waals surface area contributed by atoms with Crippen LogP contribution in [0.4, 0.5) is 11.4 Å². The molecule has 0 fully saturated rings. The van der Waals surface area contributed by atoms with Gasteiger partial charge in [-0.05, 0) is 42.5 Å². The van der Waals surface area contributed by atoms with Gasteiger partial charge in [0.1, 0.15) is 11.8 Å². The van der Waals surface area contributed by atoms with E-state index in [9.17, 15) is 14.7 Å². The van der Waals surface area contributed by atoms with Crippen molar-refractivity contribution >= 4 is 40.6 Å². The van der Waals surface area contributed by atoms with E-state index >= 15 is 0 Å². The van der Waals surface area contributed by atoms with Crippen LogP contribution >= 0.6 is 12.2 Å². The fraction of sp³-hybridized carbons (Fsp3) is 0.211. The molecule has 5 N–H and O–H groups in total. The van der Waals surface area contributed by atoms with Crippen LogP contribution in [-0.2, 0) is 16.1 Å². The van der Waals surface area contributed by atoms with Crippen LogP contribution in [0.5, 0.6) is 0 Å². The fourth-order valence-corrected chi connectivity index (χ4v) is 2.50. The van der Waals surface area contributed by atoms with E-state index in [2.05, 4.69) is 27.8 Å². The predicted octanol–water partition coefficient (Wildman–Crippen LogP) is 2.32. The largest absolute Gasteiger partial charge is 0.480 e. The summed E-state index contributed by atoms with van der Waals surface area (Å²) in [6.45, 7) is 4.35. The summed E-state index contributed by atoms with van der Waals surface area (Å²) in [5.74, 6) is -0.953. The van der Waals surface area contributed by atoms with E-state index in [-0.39, 0.29) is 13.0 Å². The second-order valence-electron chi connectivity index (χ2n) is 5.81. The lowest BCUT2D eigenvalue weighted by Crippen LogP contribution is -2.39. The molecule has 1 aromatic heterocycles. The van der Waals surface area contributed by atoms with Crippen LogP contribution in [0.3, 0.4) is 0 Å². The molecule has 0 spiro atoms. The van der Waals surface area contributed by atoms with Gasteiger partial charge in [0.25, 0.3) is 0 Å². The maximum absolute atomic E-state index is 12.3. The first-order valence-corrected chi connectivity index (χ1v) is 8.93. The van der Waals surface area contributed by atoms with E-state index in [4.69, 9.17) is 16.6 Å². The molecule has 1 atom stereocenters. The van der Waals surface area contributed by atoms with Crippen LogP contribution in [0.15, 0.2) is 59.7 Å². The quantitative estimate of drug-likeness (QED) is 0.304. The summed E-state index contributed by atoms with van der Waals surface area (Å²) >= 11 is 5.14. The van der Waals surface area contributed by atoms with Gasteiger partial charge >= 0.3 is 5.97 Å².